The highest BCUT2D eigenvalue weighted by molar-refractivity contribution is 5.96. The Bertz CT molecular complexity index is 617. The summed E-state index contributed by atoms with van der Waals surface area (Å²) in [5.41, 5.74) is 3.15. The van der Waals surface area contributed by atoms with Gasteiger partial charge in [-0.05, 0) is 39.7 Å². The molecule has 3 rings (SSSR count). The summed E-state index contributed by atoms with van der Waals surface area (Å²) < 4.78 is 7.76. The Hall–Kier alpha value is -1.33. The first-order valence-corrected chi connectivity index (χ1v) is 9.73. The average molecular weight is 348 g/mol. The van der Waals surface area contributed by atoms with Gasteiger partial charge in [0.05, 0.1) is 18.8 Å². The number of carbonyl (C=O) groups excluding carboxylic acids is 1. The topological polar surface area (TPSA) is 37.7 Å². The quantitative estimate of drug-likeness (QED) is 0.840. The van der Waals surface area contributed by atoms with Gasteiger partial charge in [0, 0.05) is 49.7 Å². The summed E-state index contributed by atoms with van der Waals surface area (Å²) in [5, 5.41) is 0. The summed E-state index contributed by atoms with van der Waals surface area (Å²) >= 11 is 0. The Morgan fingerprint density at radius 2 is 1.92 bits per heavy atom. The van der Waals surface area contributed by atoms with Crippen LogP contribution in [0.3, 0.4) is 0 Å². The molecule has 140 valence electrons. The molecule has 1 aromatic rings. The van der Waals surface area contributed by atoms with Crippen LogP contribution in [0.2, 0.25) is 0 Å². The fourth-order valence-electron chi connectivity index (χ4n) is 4.70. The molecule has 0 spiro atoms. The van der Waals surface area contributed by atoms with Gasteiger partial charge in [-0.3, -0.25) is 9.69 Å². The van der Waals surface area contributed by atoms with Crippen molar-refractivity contribution in [3.63, 3.8) is 0 Å². The van der Waals surface area contributed by atoms with Crippen molar-refractivity contribution in [1.82, 2.24) is 14.4 Å². The molecule has 2 aliphatic heterocycles. The number of morpholine rings is 1. The van der Waals surface area contributed by atoms with Crippen LogP contribution in [0.1, 0.15) is 55.0 Å². The SMILES string of the molecule is CC[C@H]1CN(C(=O)c2cc(C)n(C(C)C)c2C)C[C@H]1N1CCOCC1. The molecule has 1 aromatic heterocycles. The van der Waals surface area contributed by atoms with E-state index in [1.807, 2.05) is 0 Å². The summed E-state index contributed by atoms with van der Waals surface area (Å²) in [4.78, 5) is 17.8. The smallest absolute Gasteiger partial charge is 0.255 e. The molecule has 0 unspecified atom stereocenters. The predicted octanol–water partition coefficient (Wildman–Crippen LogP) is 2.87. The second-order valence-corrected chi connectivity index (χ2v) is 7.84. The highest BCUT2D eigenvalue weighted by Gasteiger charge is 2.38. The Morgan fingerprint density at radius 1 is 1.24 bits per heavy atom. The maximum atomic E-state index is 13.2. The minimum atomic E-state index is 0.203. The van der Waals surface area contributed by atoms with E-state index in [4.69, 9.17) is 4.74 Å². The van der Waals surface area contributed by atoms with Gasteiger partial charge in [-0.15, -0.1) is 0 Å². The van der Waals surface area contributed by atoms with Crippen LogP contribution >= 0.6 is 0 Å². The Labute approximate surface area is 151 Å². The largest absolute Gasteiger partial charge is 0.379 e. The lowest BCUT2D eigenvalue weighted by Gasteiger charge is -2.34. The summed E-state index contributed by atoms with van der Waals surface area (Å²) in [5.74, 6) is 0.768. The van der Waals surface area contributed by atoms with Crippen molar-refractivity contribution in [1.29, 1.82) is 0 Å². The van der Waals surface area contributed by atoms with Crippen LogP contribution in [-0.2, 0) is 4.74 Å². The molecule has 0 N–H and O–H groups in total. The lowest BCUT2D eigenvalue weighted by molar-refractivity contribution is 0.0103. The second kappa shape index (κ2) is 7.50. The lowest BCUT2D eigenvalue weighted by Crippen LogP contribution is -2.47. The Kier molecular flexibility index (Phi) is 5.54. The molecule has 5 heteroatoms. The van der Waals surface area contributed by atoms with E-state index in [0.29, 0.717) is 18.0 Å². The number of aromatic nitrogens is 1. The number of rotatable bonds is 4. The fraction of sp³-hybridized carbons (Fsp3) is 0.750. The molecule has 1 amide bonds. The Balaban J connectivity index is 1.78. The average Bonchev–Trinajstić information content (AvgIpc) is 3.16. The number of likely N-dealkylation sites (tertiary alicyclic amines) is 1. The van der Waals surface area contributed by atoms with Crippen LogP contribution in [0.15, 0.2) is 6.07 Å². The van der Waals surface area contributed by atoms with Gasteiger partial charge in [-0.2, -0.15) is 0 Å². The number of hydrogen-bond acceptors (Lipinski definition) is 3. The zero-order valence-electron chi connectivity index (χ0n) is 16.4. The van der Waals surface area contributed by atoms with Crippen molar-refractivity contribution in [3.8, 4) is 0 Å². The van der Waals surface area contributed by atoms with Gasteiger partial charge in [0.15, 0.2) is 0 Å². The van der Waals surface area contributed by atoms with Crippen LogP contribution in [-0.4, -0.2) is 65.7 Å². The molecule has 2 atom stereocenters. The van der Waals surface area contributed by atoms with E-state index in [0.717, 1.165) is 57.1 Å². The van der Waals surface area contributed by atoms with E-state index >= 15 is 0 Å². The molecule has 3 heterocycles. The molecule has 25 heavy (non-hydrogen) atoms. The van der Waals surface area contributed by atoms with Crippen molar-refractivity contribution in [2.75, 3.05) is 39.4 Å². The number of carbonyl (C=O) groups is 1. The molecule has 2 aliphatic rings. The van der Waals surface area contributed by atoms with Gasteiger partial charge >= 0.3 is 0 Å². The molecule has 0 radical (unpaired) electrons. The lowest BCUT2D eigenvalue weighted by atomic mass is 9.99. The summed E-state index contributed by atoms with van der Waals surface area (Å²) in [6, 6.07) is 2.93. The number of nitrogens with zero attached hydrogens (tertiary/aromatic N) is 3. The number of ether oxygens (including phenoxy) is 1. The maximum absolute atomic E-state index is 13.2. The first kappa shape index (κ1) is 18.5. The van der Waals surface area contributed by atoms with E-state index in [-0.39, 0.29) is 5.91 Å². The third-order valence-electron chi connectivity index (χ3n) is 5.96. The summed E-state index contributed by atoms with van der Waals surface area (Å²) in [6.07, 6.45) is 1.12. The molecular formula is C20H33N3O2. The standard InChI is InChI=1S/C20H33N3O2/c1-6-17-12-22(13-19(17)21-7-9-25-10-8-21)20(24)18-11-15(4)23(14(2)3)16(18)5/h11,14,17,19H,6-10,12-13H2,1-5H3/t17-,19+/m0/s1. The van der Waals surface area contributed by atoms with Gasteiger partial charge in [-0.1, -0.05) is 13.3 Å². The van der Waals surface area contributed by atoms with Crippen molar-refractivity contribution in [3.05, 3.63) is 23.0 Å². The molecule has 0 saturated carbocycles. The van der Waals surface area contributed by atoms with Crippen molar-refractivity contribution in [2.24, 2.45) is 5.92 Å². The van der Waals surface area contributed by atoms with Gasteiger partial charge in [-0.25, -0.2) is 0 Å². The van der Waals surface area contributed by atoms with E-state index in [2.05, 4.69) is 55.1 Å². The molecule has 2 saturated heterocycles. The first-order valence-electron chi connectivity index (χ1n) is 9.73. The van der Waals surface area contributed by atoms with Crippen LogP contribution < -0.4 is 0 Å². The minimum Gasteiger partial charge on any atom is -0.379 e. The monoisotopic (exact) mass is 347 g/mol. The number of amides is 1. The third kappa shape index (κ3) is 3.49. The zero-order valence-corrected chi connectivity index (χ0v) is 16.4. The highest BCUT2D eigenvalue weighted by Crippen LogP contribution is 2.29. The maximum Gasteiger partial charge on any atom is 0.255 e. The second-order valence-electron chi connectivity index (χ2n) is 7.84. The van der Waals surface area contributed by atoms with Gasteiger partial charge in [0.1, 0.15) is 0 Å². The molecule has 5 nitrogen and oxygen atoms in total. The normalized spacial score (nSPS) is 25.1. The minimum absolute atomic E-state index is 0.203. The molecule has 0 aromatic carbocycles. The van der Waals surface area contributed by atoms with Gasteiger partial charge in [0.2, 0.25) is 0 Å². The summed E-state index contributed by atoms with van der Waals surface area (Å²) in [7, 11) is 0. The van der Waals surface area contributed by atoms with Crippen LogP contribution in [0.25, 0.3) is 0 Å². The fourth-order valence-corrected chi connectivity index (χ4v) is 4.70. The summed E-state index contributed by atoms with van der Waals surface area (Å²) in [6.45, 7) is 16.1. The molecule has 2 fully saturated rings. The van der Waals surface area contributed by atoms with Crippen molar-refractivity contribution >= 4 is 5.91 Å². The Morgan fingerprint density at radius 3 is 2.48 bits per heavy atom. The first-order chi connectivity index (χ1) is 11.9. The molecule has 0 bridgehead atoms. The van der Waals surface area contributed by atoms with E-state index in [1.54, 1.807) is 0 Å². The number of aryl methyl sites for hydroxylation is 1. The third-order valence-corrected chi connectivity index (χ3v) is 5.96. The van der Waals surface area contributed by atoms with Gasteiger partial charge < -0.3 is 14.2 Å². The van der Waals surface area contributed by atoms with Crippen LogP contribution in [0.5, 0.6) is 0 Å². The van der Waals surface area contributed by atoms with Crippen LogP contribution in [0, 0.1) is 19.8 Å². The van der Waals surface area contributed by atoms with E-state index in [1.165, 1.54) is 5.69 Å². The number of hydrogen-bond donors (Lipinski definition) is 0. The highest BCUT2D eigenvalue weighted by atomic mass is 16.5. The van der Waals surface area contributed by atoms with Crippen LogP contribution in [0.4, 0.5) is 0 Å². The van der Waals surface area contributed by atoms with E-state index in [9.17, 15) is 4.79 Å². The van der Waals surface area contributed by atoms with Crippen molar-refractivity contribution in [2.45, 2.75) is 53.1 Å². The van der Waals surface area contributed by atoms with Crippen molar-refractivity contribution < 1.29 is 9.53 Å². The molecular weight excluding hydrogens is 314 g/mol. The predicted molar refractivity (Wildman–Crippen MR) is 100 cm³/mol. The zero-order chi connectivity index (χ0) is 18.1. The molecule has 0 aliphatic carbocycles. The van der Waals surface area contributed by atoms with E-state index < -0.39 is 0 Å². The van der Waals surface area contributed by atoms with Gasteiger partial charge in [0.25, 0.3) is 5.91 Å².